The Morgan fingerprint density at radius 1 is 1.20 bits per heavy atom. The molecule has 4 rings (SSSR count). The normalized spacial score (nSPS) is 31.8. The maximum absolute atomic E-state index is 10.9. The molecule has 2 aliphatic heterocycles. The summed E-state index contributed by atoms with van der Waals surface area (Å²) >= 11 is 1.75. The molecule has 1 aromatic carbocycles. The van der Waals surface area contributed by atoms with E-state index in [0.29, 0.717) is 18.0 Å². The predicted octanol–water partition coefficient (Wildman–Crippen LogP) is 3.81. The van der Waals surface area contributed by atoms with Gasteiger partial charge in [-0.3, -0.25) is 0 Å². The number of thiophene rings is 1. The maximum Gasteiger partial charge on any atom is 0.0833 e. The zero-order chi connectivity index (χ0) is 13.7. The minimum Gasteiger partial charge on any atom is -0.388 e. The molecule has 2 saturated heterocycles. The highest BCUT2D eigenvalue weighted by atomic mass is 32.1. The van der Waals surface area contributed by atoms with Crippen LogP contribution in [0, 0.1) is 5.92 Å². The van der Waals surface area contributed by atoms with Gasteiger partial charge < -0.3 is 10.0 Å². The number of hydrogen-bond donors (Lipinski definition) is 1. The van der Waals surface area contributed by atoms with Crippen molar-refractivity contribution in [1.82, 2.24) is 4.90 Å². The van der Waals surface area contributed by atoms with Gasteiger partial charge in [-0.05, 0) is 61.0 Å². The van der Waals surface area contributed by atoms with Gasteiger partial charge in [-0.1, -0.05) is 18.2 Å². The lowest BCUT2D eigenvalue weighted by molar-refractivity contribution is 0.0365. The molecule has 0 radical (unpaired) electrons. The van der Waals surface area contributed by atoms with Crippen molar-refractivity contribution in [3.8, 4) is 0 Å². The van der Waals surface area contributed by atoms with Crippen molar-refractivity contribution >= 4 is 21.4 Å². The third-order valence-electron chi connectivity index (χ3n) is 5.41. The first kappa shape index (κ1) is 12.8. The second-order valence-electron chi connectivity index (χ2n) is 6.41. The van der Waals surface area contributed by atoms with Gasteiger partial charge in [0.15, 0.2) is 0 Å². The van der Waals surface area contributed by atoms with Crippen molar-refractivity contribution in [2.45, 2.75) is 43.9 Å². The van der Waals surface area contributed by atoms with Crippen molar-refractivity contribution in [3.05, 3.63) is 35.2 Å². The van der Waals surface area contributed by atoms with E-state index in [0.717, 1.165) is 18.4 Å². The van der Waals surface area contributed by atoms with E-state index in [1.807, 2.05) is 0 Å². The summed E-state index contributed by atoms with van der Waals surface area (Å²) in [6.07, 6.45) is 4.63. The molecule has 0 saturated carbocycles. The van der Waals surface area contributed by atoms with Crippen molar-refractivity contribution < 1.29 is 5.11 Å². The molecule has 20 heavy (non-hydrogen) atoms. The molecule has 2 aliphatic rings. The molecular formula is C17H21NOS. The summed E-state index contributed by atoms with van der Waals surface area (Å²) < 4.78 is 1.27. The van der Waals surface area contributed by atoms with Crippen LogP contribution in [-0.2, 0) is 0 Å². The summed E-state index contributed by atoms with van der Waals surface area (Å²) in [7, 11) is 2.25. The Bertz CT molecular complexity index is 608. The van der Waals surface area contributed by atoms with Crippen LogP contribution in [0.15, 0.2) is 29.6 Å². The Balaban J connectivity index is 1.64. The Labute approximate surface area is 124 Å². The Kier molecular flexibility index (Phi) is 3.09. The molecule has 3 heterocycles. The van der Waals surface area contributed by atoms with Gasteiger partial charge in [0.1, 0.15) is 0 Å². The van der Waals surface area contributed by atoms with Crippen LogP contribution in [0.4, 0.5) is 0 Å². The Hall–Kier alpha value is -0.900. The van der Waals surface area contributed by atoms with E-state index in [1.54, 1.807) is 11.3 Å². The third kappa shape index (κ3) is 1.92. The van der Waals surface area contributed by atoms with Gasteiger partial charge in [-0.25, -0.2) is 0 Å². The molecule has 2 bridgehead atoms. The maximum atomic E-state index is 10.9. The van der Waals surface area contributed by atoms with Crippen LogP contribution in [0.25, 0.3) is 10.1 Å². The molecular weight excluding hydrogens is 266 g/mol. The number of benzene rings is 1. The number of aliphatic hydroxyl groups is 1. The second kappa shape index (κ2) is 4.83. The molecule has 3 atom stereocenters. The summed E-state index contributed by atoms with van der Waals surface area (Å²) in [5.74, 6) is 0.427. The average Bonchev–Trinajstić information content (AvgIpc) is 2.99. The summed E-state index contributed by atoms with van der Waals surface area (Å²) in [6.45, 7) is 0. The molecule has 0 spiro atoms. The Morgan fingerprint density at radius 3 is 2.70 bits per heavy atom. The summed E-state index contributed by atoms with van der Waals surface area (Å²) in [5, 5.41) is 14.3. The van der Waals surface area contributed by atoms with Gasteiger partial charge in [0, 0.05) is 16.8 Å². The van der Waals surface area contributed by atoms with E-state index in [-0.39, 0.29) is 6.10 Å². The standard InChI is InChI=1S/C17H21NOS/c1-18-13-5-6-14(18)10-12(9-13)16(19)15-4-2-3-11-7-8-20-17(11)15/h2-4,7-8,12-14,16,19H,5-6,9-10H2,1H3. The number of hydrogen-bond acceptors (Lipinski definition) is 3. The van der Waals surface area contributed by atoms with Crippen LogP contribution in [0.5, 0.6) is 0 Å². The first-order chi connectivity index (χ1) is 9.74. The van der Waals surface area contributed by atoms with Crippen LogP contribution in [0.3, 0.4) is 0 Å². The van der Waals surface area contributed by atoms with Crippen LogP contribution in [-0.4, -0.2) is 29.1 Å². The smallest absolute Gasteiger partial charge is 0.0833 e. The lowest BCUT2D eigenvalue weighted by Crippen LogP contribution is -2.41. The summed E-state index contributed by atoms with van der Waals surface area (Å²) in [4.78, 5) is 2.54. The van der Waals surface area contributed by atoms with Crippen molar-refractivity contribution in [1.29, 1.82) is 0 Å². The second-order valence-corrected chi connectivity index (χ2v) is 7.33. The molecule has 1 aromatic heterocycles. The highest BCUT2D eigenvalue weighted by Crippen LogP contribution is 2.44. The third-order valence-corrected chi connectivity index (χ3v) is 6.39. The molecule has 3 heteroatoms. The van der Waals surface area contributed by atoms with Gasteiger partial charge in [0.05, 0.1) is 6.10 Å². The van der Waals surface area contributed by atoms with Gasteiger partial charge in [-0.2, -0.15) is 0 Å². The molecule has 0 aliphatic carbocycles. The fraction of sp³-hybridized carbons (Fsp3) is 0.529. The van der Waals surface area contributed by atoms with E-state index in [9.17, 15) is 5.11 Å². The molecule has 2 aromatic rings. The van der Waals surface area contributed by atoms with Crippen LogP contribution < -0.4 is 0 Å². The highest BCUT2D eigenvalue weighted by Gasteiger charge is 2.41. The number of piperidine rings is 1. The minimum absolute atomic E-state index is 0.297. The zero-order valence-corrected chi connectivity index (χ0v) is 12.6. The zero-order valence-electron chi connectivity index (χ0n) is 11.8. The molecule has 2 nitrogen and oxygen atoms in total. The number of rotatable bonds is 2. The van der Waals surface area contributed by atoms with E-state index >= 15 is 0 Å². The minimum atomic E-state index is -0.297. The van der Waals surface area contributed by atoms with Gasteiger partial charge >= 0.3 is 0 Å². The Morgan fingerprint density at radius 2 is 1.95 bits per heavy atom. The fourth-order valence-corrected chi connectivity index (χ4v) is 5.16. The van der Waals surface area contributed by atoms with Crippen molar-refractivity contribution in [2.75, 3.05) is 7.05 Å². The van der Waals surface area contributed by atoms with Gasteiger partial charge in [0.25, 0.3) is 0 Å². The molecule has 0 amide bonds. The van der Waals surface area contributed by atoms with E-state index in [4.69, 9.17) is 0 Å². The topological polar surface area (TPSA) is 23.5 Å². The molecule has 106 valence electrons. The lowest BCUT2D eigenvalue weighted by atomic mass is 9.83. The van der Waals surface area contributed by atoms with Crippen LogP contribution >= 0.6 is 11.3 Å². The number of fused-ring (bicyclic) bond motifs is 3. The first-order valence-corrected chi connectivity index (χ1v) is 8.48. The summed E-state index contributed by atoms with van der Waals surface area (Å²) in [6, 6.07) is 9.86. The monoisotopic (exact) mass is 287 g/mol. The van der Waals surface area contributed by atoms with E-state index < -0.39 is 0 Å². The number of aliphatic hydroxyl groups excluding tert-OH is 1. The molecule has 2 fully saturated rings. The van der Waals surface area contributed by atoms with Crippen molar-refractivity contribution in [3.63, 3.8) is 0 Å². The van der Waals surface area contributed by atoms with Gasteiger partial charge in [0.2, 0.25) is 0 Å². The van der Waals surface area contributed by atoms with E-state index in [1.165, 1.54) is 22.9 Å². The lowest BCUT2D eigenvalue weighted by Gasteiger charge is -2.38. The first-order valence-electron chi connectivity index (χ1n) is 7.60. The predicted molar refractivity (Wildman–Crippen MR) is 84.1 cm³/mol. The van der Waals surface area contributed by atoms with Gasteiger partial charge in [-0.15, -0.1) is 11.3 Å². The van der Waals surface area contributed by atoms with Crippen LogP contribution in [0.1, 0.15) is 37.4 Å². The largest absolute Gasteiger partial charge is 0.388 e. The summed E-state index contributed by atoms with van der Waals surface area (Å²) in [5.41, 5.74) is 1.14. The fourth-order valence-electron chi connectivity index (χ4n) is 4.21. The average molecular weight is 287 g/mol. The highest BCUT2D eigenvalue weighted by molar-refractivity contribution is 7.17. The molecule has 3 unspecified atom stereocenters. The molecule has 1 N–H and O–H groups in total. The van der Waals surface area contributed by atoms with Crippen molar-refractivity contribution in [2.24, 2.45) is 5.92 Å². The number of nitrogens with zero attached hydrogens (tertiary/aromatic N) is 1. The van der Waals surface area contributed by atoms with E-state index in [2.05, 4.69) is 41.6 Å². The SMILES string of the molecule is CN1C2CCC1CC(C(O)c1cccc3ccsc13)C2. The quantitative estimate of drug-likeness (QED) is 0.908. The van der Waals surface area contributed by atoms with Crippen LogP contribution in [0.2, 0.25) is 0 Å².